The molecule has 0 unspecified atom stereocenters. The molecule has 1 saturated heterocycles. The number of aromatic nitrogens is 4. The molecule has 0 amide bonds. The molecule has 2 atom stereocenters. The second kappa shape index (κ2) is 6.20. The molecule has 24 heavy (non-hydrogen) atoms. The van der Waals surface area contributed by atoms with E-state index in [9.17, 15) is 0 Å². The predicted molar refractivity (Wildman–Crippen MR) is 87.9 cm³/mol. The highest BCUT2D eigenvalue weighted by molar-refractivity contribution is 5.31. The van der Waals surface area contributed by atoms with E-state index in [1.54, 1.807) is 4.68 Å². The molecule has 0 N–H and O–H groups in total. The molecule has 0 aromatic carbocycles. The van der Waals surface area contributed by atoms with Crippen molar-refractivity contribution in [2.24, 2.45) is 12.5 Å². The van der Waals surface area contributed by atoms with Crippen LogP contribution in [-0.2, 0) is 18.4 Å². The highest BCUT2D eigenvalue weighted by Crippen LogP contribution is 2.40. The van der Waals surface area contributed by atoms with Crippen LogP contribution in [0.4, 0.5) is 0 Å². The molecular formula is C17H26N4O3. The van der Waals surface area contributed by atoms with Crippen molar-refractivity contribution in [3.05, 3.63) is 23.2 Å². The number of ether oxygens (including phenoxy) is 2. The average Bonchev–Trinajstić information content (AvgIpc) is 3.18. The van der Waals surface area contributed by atoms with Gasteiger partial charge in [-0.1, -0.05) is 20.8 Å². The number of aryl methyl sites for hydroxylation is 2. The third-order valence-electron chi connectivity index (χ3n) is 4.53. The molecular weight excluding hydrogens is 308 g/mol. The normalized spacial score (nSPS) is 21.4. The van der Waals surface area contributed by atoms with Crippen LogP contribution in [0.25, 0.3) is 0 Å². The molecule has 7 nitrogen and oxygen atoms in total. The van der Waals surface area contributed by atoms with Gasteiger partial charge in [-0.05, 0) is 25.7 Å². The Morgan fingerprint density at radius 2 is 2.00 bits per heavy atom. The first kappa shape index (κ1) is 17.0. The Kier molecular flexibility index (Phi) is 4.38. The minimum Gasteiger partial charge on any atom is -0.480 e. The number of rotatable bonds is 4. The molecule has 3 heterocycles. The van der Waals surface area contributed by atoms with E-state index in [0.717, 1.165) is 30.2 Å². The number of hydrogen-bond donors (Lipinski definition) is 0. The highest BCUT2D eigenvalue weighted by Gasteiger charge is 2.41. The monoisotopic (exact) mass is 334 g/mol. The van der Waals surface area contributed by atoms with Crippen LogP contribution in [-0.4, -0.2) is 32.7 Å². The van der Waals surface area contributed by atoms with E-state index in [2.05, 4.69) is 36.1 Å². The SMILES string of the molecule is Cc1nn(C)c(C)c1OCc1nnc([C@H]2CCO[C@@H]2C(C)(C)C)o1. The van der Waals surface area contributed by atoms with E-state index in [1.165, 1.54) is 0 Å². The van der Waals surface area contributed by atoms with Crippen LogP contribution in [0.5, 0.6) is 5.75 Å². The van der Waals surface area contributed by atoms with Crippen molar-refractivity contribution in [1.29, 1.82) is 0 Å². The molecule has 0 aliphatic carbocycles. The number of hydrogen-bond acceptors (Lipinski definition) is 6. The van der Waals surface area contributed by atoms with Crippen LogP contribution < -0.4 is 4.74 Å². The van der Waals surface area contributed by atoms with Crippen molar-refractivity contribution >= 4 is 0 Å². The third-order valence-corrected chi connectivity index (χ3v) is 4.53. The van der Waals surface area contributed by atoms with Crippen molar-refractivity contribution in [3.63, 3.8) is 0 Å². The average molecular weight is 334 g/mol. The second-order valence-corrected chi connectivity index (χ2v) is 7.50. The highest BCUT2D eigenvalue weighted by atomic mass is 16.5. The van der Waals surface area contributed by atoms with E-state index < -0.39 is 0 Å². The molecule has 1 aliphatic rings. The van der Waals surface area contributed by atoms with Gasteiger partial charge in [0.05, 0.1) is 17.7 Å². The van der Waals surface area contributed by atoms with Crippen LogP contribution in [0.1, 0.15) is 56.3 Å². The summed E-state index contributed by atoms with van der Waals surface area (Å²) in [4.78, 5) is 0. The smallest absolute Gasteiger partial charge is 0.253 e. The summed E-state index contributed by atoms with van der Waals surface area (Å²) in [7, 11) is 1.90. The van der Waals surface area contributed by atoms with Gasteiger partial charge in [0.2, 0.25) is 5.89 Å². The molecule has 1 fully saturated rings. The Hall–Kier alpha value is -1.89. The van der Waals surface area contributed by atoms with Gasteiger partial charge >= 0.3 is 0 Å². The maximum absolute atomic E-state index is 5.89. The Bertz CT molecular complexity index is 714. The van der Waals surface area contributed by atoms with Crippen LogP contribution >= 0.6 is 0 Å². The van der Waals surface area contributed by atoms with Crippen LogP contribution in [0.15, 0.2) is 4.42 Å². The Morgan fingerprint density at radius 1 is 1.25 bits per heavy atom. The molecule has 2 aromatic heterocycles. The largest absolute Gasteiger partial charge is 0.480 e. The quantitative estimate of drug-likeness (QED) is 0.856. The maximum atomic E-state index is 5.89. The standard InChI is InChI=1S/C17H26N4O3/c1-10-14(11(2)21(6)20-10)23-9-13-18-19-16(24-13)12-7-8-22-15(12)17(3,4)5/h12,15H,7-9H2,1-6H3/t12-,15-/m0/s1. The molecule has 2 aromatic rings. The molecule has 0 bridgehead atoms. The molecule has 1 aliphatic heterocycles. The predicted octanol–water partition coefficient (Wildman–Crippen LogP) is 2.92. The lowest BCUT2D eigenvalue weighted by Gasteiger charge is -2.29. The summed E-state index contributed by atoms with van der Waals surface area (Å²) in [6.07, 6.45) is 1.00. The summed E-state index contributed by atoms with van der Waals surface area (Å²) < 4.78 is 19.4. The Labute approximate surface area is 142 Å². The summed E-state index contributed by atoms with van der Waals surface area (Å²) >= 11 is 0. The van der Waals surface area contributed by atoms with Crippen molar-refractivity contribution in [2.75, 3.05) is 6.61 Å². The van der Waals surface area contributed by atoms with Crippen LogP contribution in [0.3, 0.4) is 0 Å². The van der Waals surface area contributed by atoms with Gasteiger partial charge in [-0.25, -0.2) is 0 Å². The van der Waals surface area contributed by atoms with Gasteiger partial charge in [0.1, 0.15) is 5.69 Å². The number of nitrogens with zero attached hydrogens (tertiary/aromatic N) is 4. The summed E-state index contributed by atoms with van der Waals surface area (Å²) in [5.74, 6) is 2.04. The van der Waals surface area contributed by atoms with E-state index in [4.69, 9.17) is 13.9 Å². The Morgan fingerprint density at radius 3 is 2.62 bits per heavy atom. The van der Waals surface area contributed by atoms with Crippen LogP contribution in [0, 0.1) is 19.3 Å². The summed E-state index contributed by atoms with van der Waals surface area (Å²) in [5, 5.41) is 12.7. The fourth-order valence-electron chi connectivity index (χ4n) is 3.27. The lowest BCUT2D eigenvalue weighted by atomic mass is 9.81. The van der Waals surface area contributed by atoms with Gasteiger partial charge in [-0.2, -0.15) is 5.10 Å². The maximum Gasteiger partial charge on any atom is 0.253 e. The van der Waals surface area contributed by atoms with Gasteiger partial charge in [0, 0.05) is 13.7 Å². The Balaban J connectivity index is 1.70. The topological polar surface area (TPSA) is 75.2 Å². The van der Waals surface area contributed by atoms with E-state index in [1.807, 2.05) is 20.9 Å². The first-order valence-electron chi connectivity index (χ1n) is 8.34. The van der Waals surface area contributed by atoms with Crippen molar-refractivity contribution in [2.45, 2.75) is 59.7 Å². The molecule has 7 heteroatoms. The van der Waals surface area contributed by atoms with Gasteiger partial charge in [0.15, 0.2) is 12.4 Å². The molecule has 3 rings (SSSR count). The van der Waals surface area contributed by atoms with Crippen molar-refractivity contribution in [3.8, 4) is 5.75 Å². The van der Waals surface area contributed by atoms with Crippen LogP contribution in [0.2, 0.25) is 0 Å². The second-order valence-electron chi connectivity index (χ2n) is 7.50. The first-order chi connectivity index (χ1) is 11.3. The molecule has 0 saturated carbocycles. The van der Waals surface area contributed by atoms with Gasteiger partial charge < -0.3 is 13.9 Å². The molecule has 0 spiro atoms. The van der Waals surface area contributed by atoms with E-state index in [0.29, 0.717) is 11.8 Å². The third kappa shape index (κ3) is 3.17. The lowest BCUT2D eigenvalue weighted by Crippen LogP contribution is -2.30. The lowest BCUT2D eigenvalue weighted by molar-refractivity contribution is 0.0169. The van der Waals surface area contributed by atoms with Gasteiger partial charge in [-0.15, -0.1) is 10.2 Å². The summed E-state index contributed by atoms with van der Waals surface area (Å²) in [6, 6.07) is 0. The van der Waals surface area contributed by atoms with Gasteiger partial charge in [0.25, 0.3) is 5.89 Å². The van der Waals surface area contributed by atoms with Crippen molar-refractivity contribution in [1.82, 2.24) is 20.0 Å². The van der Waals surface area contributed by atoms with E-state index in [-0.39, 0.29) is 24.0 Å². The van der Waals surface area contributed by atoms with Crippen molar-refractivity contribution < 1.29 is 13.9 Å². The fourth-order valence-corrected chi connectivity index (χ4v) is 3.27. The summed E-state index contributed by atoms with van der Waals surface area (Å²) in [5.41, 5.74) is 1.87. The first-order valence-corrected chi connectivity index (χ1v) is 8.34. The van der Waals surface area contributed by atoms with E-state index >= 15 is 0 Å². The zero-order valence-electron chi connectivity index (χ0n) is 15.3. The zero-order valence-corrected chi connectivity index (χ0v) is 15.3. The summed E-state index contributed by atoms with van der Waals surface area (Å²) in [6.45, 7) is 11.4. The van der Waals surface area contributed by atoms with Gasteiger partial charge in [-0.3, -0.25) is 4.68 Å². The minimum atomic E-state index is 0.0379. The zero-order chi connectivity index (χ0) is 17.5. The molecule has 0 radical (unpaired) electrons. The minimum absolute atomic E-state index is 0.0379. The fraction of sp³-hybridized carbons (Fsp3) is 0.706. The molecule has 132 valence electrons.